The van der Waals surface area contributed by atoms with Crippen LogP contribution < -0.4 is 11.1 Å². The molecule has 3 rings (SSSR count). The molecular formula is C16H18N4O2S. The minimum atomic E-state index is -0.686. The maximum absolute atomic E-state index is 12.8. The molecule has 0 amide bonds. The van der Waals surface area contributed by atoms with E-state index >= 15 is 0 Å². The second-order valence-electron chi connectivity index (χ2n) is 5.68. The van der Waals surface area contributed by atoms with Crippen LogP contribution in [0.5, 0.6) is 0 Å². The monoisotopic (exact) mass is 330 g/mol. The van der Waals surface area contributed by atoms with Crippen molar-refractivity contribution in [1.29, 1.82) is 0 Å². The number of fused-ring (bicyclic) bond motifs is 1. The zero-order chi connectivity index (χ0) is 16.6. The Labute approximate surface area is 138 Å². The van der Waals surface area contributed by atoms with Crippen molar-refractivity contribution in [1.82, 2.24) is 9.97 Å². The Hall–Kier alpha value is -2.28. The number of aromatic nitrogens is 2. The van der Waals surface area contributed by atoms with Crippen LogP contribution in [0.4, 0.5) is 10.9 Å². The molecule has 0 saturated heterocycles. The Bertz CT molecular complexity index is 754. The highest BCUT2D eigenvalue weighted by Gasteiger charge is 2.40. The minimum Gasteiger partial charge on any atom is -0.375 e. The SMILES string of the molecule is CCNc1ccc(C(=O)C2C(=O)c3sc(N)nc3CC2C)cn1. The van der Waals surface area contributed by atoms with Gasteiger partial charge in [-0.1, -0.05) is 18.3 Å². The molecule has 6 nitrogen and oxygen atoms in total. The van der Waals surface area contributed by atoms with Crippen molar-refractivity contribution in [3.05, 3.63) is 34.5 Å². The van der Waals surface area contributed by atoms with E-state index in [9.17, 15) is 9.59 Å². The van der Waals surface area contributed by atoms with E-state index in [0.717, 1.165) is 12.2 Å². The van der Waals surface area contributed by atoms with Gasteiger partial charge in [0.15, 0.2) is 16.7 Å². The van der Waals surface area contributed by atoms with Gasteiger partial charge < -0.3 is 11.1 Å². The average molecular weight is 330 g/mol. The number of nitrogens with zero attached hydrogens (tertiary/aromatic N) is 2. The summed E-state index contributed by atoms with van der Waals surface area (Å²) in [5, 5.41) is 3.45. The van der Waals surface area contributed by atoms with Gasteiger partial charge in [-0.25, -0.2) is 9.97 Å². The number of nitrogens with two attached hydrogens (primary N) is 1. The molecule has 0 radical (unpaired) electrons. The summed E-state index contributed by atoms with van der Waals surface area (Å²) >= 11 is 1.17. The number of nitrogen functional groups attached to an aromatic ring is 1. The van der Waals surface area contributed by atoms with E-state index in [1.165, 1.54) is 17.5 Å². The predicted octanol–water partition coefficient (Wildman–Crippen LogP) is 2.43. The van der Waals surface area contributed by atoms with Gasteiger partial charge in [0.1, 0.15) is 5.82 Å². The number of hydrogen-bond donors (Lipinski definition) is 2. The molecule has 0 saturated carbocycles. The summed E-state index contributed by atoms with van der Waals surface area (Å²) in [7, 11) is 0. The number of anilines is 2. The standard InChI is InChI=1S/C16H18N4O2S/c1-3-18-11-5-4-9(7-19-11)13(21)12-8(2)6-10-15(14(12)22)23-16(17)20-10/h4-5,7-8,12H,3,6H2,1-2H3,(H2,17,20)(H,18,19). The Morgan fingerprint density at radius 2 is 2.26 bits per heavy atom. The van der Waals surface area contributed by atoms with Gasteiger partial charge >= 0.3 is 0 Å². The molecule has 2 heterocycles. The van der Waals surface area contributed by atoms with Crippen LogP contribution >= 0.6 is 11.3 Å². The number of pyridine rings is 1. The fourth-order valence-corrected chi connectivity index (χ4v) is 3.75. The van der Waals surface area contributed by atoms with Gasteiger partial charge in [-0.05, 0) is 31.4 Å². The molecule has 0 fully saturated rings. The van der Waals surface area contributed by atoms with Crippen molar-refractivity contribution in [3.8, 4) is 0 Å². The number of Topliss-reactive ketones (excluding diaryl/α,β-unsaturated/α-hetero) is 2. The van der Waals surface area contributed by atoms with Crippen LogP contribution in [0.15, 0.2) is 18.3 Å². The number of hydrogen-bond acceptors (Lipinski definition) is 7. The van der Waals surface area contributed by atoms with Crippen LogP contribution in [0.1, 0.15) is 39.6 Å². The second-order valence-corrected chi connectivity index (χ2v) is 6.71. The van der Waals surface area contributed by atoms with E-state index < -0.39 is 5.92 Å². The highest BCUT2D eigenvalue weighted by Crippen LogP contribution is 2.35. The summed E-state index contributed by atoms with van der Waals surface area (Å²) in [6.07, 6.45) is 2.12. The van der Waals surface area contributed by atoms with Gasteiger partial charge in [0.25, 0.3) is 0 Å². The molecule has 1 aliphatic rings. The lowest BCUT2D eigenvalue weighted by Gasteiger charge is -2.25. The van der Waals surface area contributed by atoms with Gasteiger partial charge in [-0.3, -0.25) is 9.59 Å². The van der Waals surface area contributed by atoms with Crippen molar-refractivity contribution in [2.24, 2.45) is 11.8 Å². The lowest BCUT2D eigenvalue weighted by atomic mass is 9.77. The highest BCUT2D eigenvalue weighted by molar-refractivity contribution is 7.17. The lowest BCUT2D eigenvalue weighted by Crippen LogP contribution is -2.35. The summed E-state index contributed by atoms with van der Waals surface area (Å²) in [6, 6.07) is 3.47. The number of rotatable bonds is 4. The van der Waals surface area contributed by atoms with Crippen LogP contribution in [0.2, 0.25) is 0 Å². The highest BCUT2D eigenvalue weighted by atomic mass is 32.1. The van der Waals surface area contributed by atoms with Crippen molar-refractivity contribution in [2.45, 2.75) is 20.3 Å². The summed E-state index contributed by atoms with van der Waals surface area (Å²) < 4.78 is 0. The van der Waals surface area contributed by atoms with Crippen molar-refractivity contribution in [3.63, 3.8) is 0 Å². The van der Waals surface area contributed by atoms with Crippen LogP contribution in [-0.4, -0.2) is 28.1 Å². The normalized spacial score (nSPS) is 20.2. The van der Waals surface area contributed by atoms with Gasteiger partial charge in [0.05, 0.1) is 16.5 Å². The molecule has 0 aliphatic heterocycles. The Morgan fingerprint density at radius 3 is 2.91 bits per heavy atom. The molecule has 0 bridgehead atoms. The number of ketones is 2. The molecule has 2 aromatic rings. The first-order valence-corrected chi connectivity index (χ1v) is 8.36. The first-order valence-electron chi connectivity index (χ1n) is 7.54. The number of carbonyl (C=O) groups is 2. The molecule has 2 unspecified atom stereocenters. The maximum atomic E-state index is 12.8. The largest absolute Gasteiger partial charge is 0.375 e. The van der Waals surface area contributed by atoms with Crippen LogP contribution in [0.25, 0.3) is 0 Å². The van der Waals surface area contributed by atoms with Gasteiger partial charge in [-0.15, -0.1) is 0 Å². The molecule has 120 valence electrons. The van der Waals surface area contributed by atoms with Gasteiger partial charge in [0.2, 0.25) is 0 Å². The van der Waals surface area contributed by atoms with Gasteiger partial charge in [-0.2, -0.15) is 0 Å². The number of thiazole rings is 1. The van der Waals surface area contributed by atoms with Crippen LogP contribution in [0, 0.1) is 11.8 Å². The fraction of sp³-hybridized carbons (Fsp3) is 0.375. The smallest absolute Gasteiger partial charge is 0.185 e. The van der Waals surface area contributed by atoms with E-state index in [0.29, 0.717) is 27.8 Å². The van der Waals surface area contributed by atoms with E-state index in [1.54, 1.807) is 12.1 Å². The van der Waals surface area contributed by atoms with Crippen molar-refractivity contribution >= 4 is 33.9 Å². The van der Waals surface area contributed by atoms with Crippen molar-refractivity contribution < 1.29 is 9.59 Å². The van der Waals surface area contributed by atoms with E-state index in [4.69, 9.17) is 5.73 Å². The third kappa shape index (κ3) is 2.84. The van der Waals surface area contributed by atoms with E-state index in [2.05, 4.69) is 15.3 Å². The first kappa shape index (κ1) is 15.6. The van der Waals surface area contributed by atoms with E-state index in [-0.39, 0.29) is 17.5 Å². The average Bonchev–Trinajstić information content (AvgIpc) is 2.89. The molecule has 1 aliphatic carbocycles. The molecule has 2 atom stereocenters. The summed E-state index contributed by atoms with van der Waals surface area (Å²) in [5.74, 6) is -0.430. The Balaban J connectivity index is 1.88. The van der Waals surface area contributed by atoms with Gasteiger partial charge in [0, 0.05) is 18.3 Å². The molecule has 0 spiro atoms. The number of nitrogens with one attached hydrogen (secondary N) is 1. The van der Waals surface area contributed by atoms with Crippen molar-refractivity contribution in [2.75, 3.05) is 17.6 Å². The molecule has 3 N–H and O–H groups in total. The Kier molecular flexibility index (Phi) is 4.12. The third-order valence-corrected chi connectivity index (χ3v) is 4.93. The molecular weight excluding hydrogens is 312 g/mol. The molecule has 2 aromatic heterocycles. The predicted molar refractivity (Wildman–Crippen MR) is 89.9 cm³/mol. The minimum absolute atomic E-state index is 0.0996. The van der Waals surface area contributed by atoms with E-state index in [1.807, 2.05) is 13.8 Å². The first-order chi connectivity index (χ1) is 11.0. The van der Waals surface area contributed by atoms with Crippen LogP contribution in [0.3, 0.4) is 0 Å². The summed E-state index contributed by atoms with van der Waals surface area (Å²) in [4.78, 5) is 34.4. The topological polar surface area (TPSA) is 98.0 Å². The third-order valence-electron chi connectivity index (χ3n) is 3.99. The Morgan fingerprint density at radius 1 is 1.48 bits per heavy atom. The molecule has 0 aromatic carbocycles. The fourth-order valence-electron chi connectivity index (χ4n) is 2.91. The zero-order valence-corrected chi connectivity index (χ0v) is 13.8. The zero-order valence-electron chi connectivity index (χ0n) is 13.0. The molecule has 23 heavy (non-hydrogen) atoms. The lowest BCUT2D eigenvalue weighted by molar-refractivity contribution is 0.0747. The number of carbonyl (C=O) groups excluding carboxylic acids is 2. The molecule has 7 heteroatoms. The summed E-state index contributed by atoms with van der Waals surface area (Å²) in [5.41, 5.74) is 6.87. The van der Waals surface area contributed by atoms with Crippen LogP contribution in [-0.2, 0) is 6.42 Å². The second kappa shape index (κ2) is 6.08. The maximum Gasteiger partial charge on any atom is 0.185 e. The quantitative estimate of drug-likeness (QED) is 0.660. The summed E-state index contributed by atoms with van der Waals surface area (Å²) in [6.45, 7) is 4.63.